The zero-order chi connectivity index (χ0) is 22.5. The summed E-state index contributed by atoms with van der Waals surface area (Å²) >= 11 is 0. The molecule has 3 rings (SSSR count). The second-order valence-electron chi connectivity index (χ2n) is 8.02. The van der Waals surface area contributed by atoms with Crippen LogP contribution < -0.4 is 5.32 Å². The lowest BCUT2D eigenvalue weighted by Crippen LogP contribution is -2.27. The first-order valence-electron chi connectivity index (χ1n) is 11.4. The van der Waals surface area contributed by atoms with Gasteiger partial charge in [-0.3, -0.25) is 9.78 Å². The summed E-state index contributed by atoms with van der Waals surface area (Å²) < 4.78 is 0. The fourth-order valence-electron chi connectivity index (χ4n) is 3.84. The predicted octanol–water partition coefficient (Wildman–Crippen LogP) is 5.49. The molecule has 4 nitrogen and oxygen atoms in total. The van der Waals surface area contributed by atoms with Crippen molar-refractivity contribution in [3.8, 4) is 0 Å². The summed E-state index contributed by atoms with van der Waals surface area (Å²) in [5.41, 5.74) is 1.83. The number of unbranched alkanes of at least 4 members (excludes halogenated alkanes) is 4. The van der Waals surface area contributed by atoms with Crippen LogP contribution in [0.2, 0.25) is 0 Å². The third-order valence-corrected chi connectivity index (χ3v) is 5.63. The van der Waals surface area contributed by atoms with Gasteiger partial charge in [-0.25, -0.2) is 0 Å². The number of aromatic nitrogens is 1. The quantitative estimate of drug-likeness (QED) is 0.296. The van der Waals surface area contributed by atoms with Crippen LogP contribution in [0.5, 0.6) is 0 Å². The molecule has 1 amide bonds. The van der Waals surface area contributed by atoms with Gasteiger partial charge in [0.2, 0.25) is 5.91 Å². The van der Waals surface area contributed by atoms with Crippen molar-refractivity contribution in [3.05, 3.63) is 108 Å². The van der Waals surface area contributed by atoms with Crippen molar-refractivity contribution < 1.29 is 9.90 Å². The molecule has 0 saturated heterocycles. The van der Waals surface area contributed by atoms with E-state index >= 15 is 0 Å². The average Bonchev–Trinajstić information content (AvgIpc) is 2.86. The Labute approximate surface area is 191 Å². The van der Waals surface area contributed by atoms with Crippen LogP contribution in [0.15, 0.2) is 91.3 Å². The van der Waals surface area contributed by atoms with Gasteiger partial charge in [0.25, 0.3) is 0 Å². The molecule has 0 aliphatic heterocycles. The van der Waals surface area contributed by atoms with Gasteiger partial charge in [-0.2, -0.15) is 0 Å². The number of hydrogen-bond donors (Lipinski definition) is 2. The number of carbonyl (C=O) groups excluding carboxylic acids is 1. The first-order valence-corrected chi connectivity index (χ1v) is 11.4. The second-order valence-corrected chi connectivity index (χ2v) is 8.02. The fraction of sp³-hybridized carbons (Fsp3) is 0.286. The van der Waals surface area contributed by atoms with Crippen molar-refractivity contribution in [3.63, 3.8) is 0 Å². The van der Waals surface area contributed by atoms with Gasteiger partial charge in [0.05, 0.1) is 0 Å². The summed E-state index contributed by atoms with van der Waals surface area (Å²) in [6.07, 6.45) is 12.5. The average molecular weight is 429 g/mol. The second kappa shape index (κ2) is 12.6. The molecule has 0 aliphatic carbocycles. The molecular weight excluding hydrogens is 396 g/mol. The zero-order valence-corrected chi connectivity index (χ0v) is 18.5. The molecule has 166 valence electrons. The van der Waals surface area contributed by atoms with Gasteiger partial charge in [0.1, 0.15) is 5.60 Å². The van der Waals surface area contributed by atoms with Crippen LogP contribution in [0.25, 0.3) is 6.08 Å². The number of nitrogens with zero attached hydrogens (tertiary/aromatic N) is 1. The van der Waals surface area contributed by atoms with Crippen LogP contribution in [0.1, 0.15) is 55.2 Å². The van der Waals surface area contributed by atoms with E-state index in [0.717, 1.165) is 48.8 Å². The van der Waals surface area contributed by atoms with Crippen LogP contribution in [-0.2, 0) is 10.4 Å². The van der Waals surface area contributed by atoms with Gasteiger partial charge in [-0.15, -0.1) is 0 Å². The SMILES string of the molecule is O=C(/C=C/c1cccnc1)NCCCCCCCC(O)(c1ccccc1)c1ccccc1. The zero-order valence-electron chi connectivity index (χ0n) is 18.5. The van der Waals surface area contributed by atoms with Gasteiger partial charge in [0, 0.05) is 25.0 Å². The molecule has 4 heteroatoms. The molecule has 1 heterocycles. The Balaban J connectivity index is 1.36. The Morgan fingerprint density at radius 3 is 2.09 bits per heavy atom. The highest BCUT2D eigenvalue weighted by Gasteiger charge is 2.30. The predicted molar refractivity (Wildman–Crippen MR) is 130 cm³/mol. The minimum absolute atomic E-state index is 0.0790. The summed E-state index contributed by atoms with van der Waals surface area (Å²) in [5.74, 6) is -0.0790. The van der Waals surface area contributed by atoms with Crippen molar-refractivity contribution in [1.29, 1.82) is 0 Å². The number of aliphatic hydroxyl groups is 1. The van der Waals surface area contributed by atoms with Gasteiger partial charge in [-0.1, -0.05) is 86.0 Å². The Kier molecular flexibility index (Phi) is 9.20. The third-order valence-electron chi connectivity index (χ3n) is 5.63. The molecule has 0 saturated carbocycles. The van der Waals surface area contributed by atoms with E-state index in [1.807, 2.05) is 72.8 Å². The molecule has 0 aliphatic rings. The van der Waals surface area contributed by atoms with Crippen LogP contribution in [-0.4, -0.2) is 22.5 Å². The molecular formula is C28H32N2O2. The topological polar surface area (TPSA) is 62.2 Å². The number of benzene rings is 2. The Morgan fingerprint density at radius 2 is 1.47 bits per heavy atom. The van der Waals surface area contributed by atoms with Crippen LogP contribution in [0.4, 0.5) is 0 Å². The summed E-state index contributed by atoms with van der Waals surface area (Å²) in [4.78, 5) is 15.9. The standard InChI is InChI=1S/C28H32N2O2/c31-27(19-18-24-13-12-21-29-23-24)30-22-11-3-1-2-10-20-28(32,25-14-6-4-7-15-25)26-16-8-5-9-17-26/h4-9,12-19,21,23,32H,1-3,10-11,20,22H2,(H,30,31)/b19-18+. The summed E-state index contributed by atoms with van der Waals surface area (Å²) in [6, 6.07) is 23.6. The normalized spacial score (nSPS) is 11.5. The molecule has 0 unspecified atom stereocenters. The summed E-state index contributed by atoms with van der Waals surface area (Å²) in [5, 5.41) is 14.5. The van der Waals surface area contributed by atoms with Gasteiger partial charge in [-0.05, 0) is 48.1 Å². The molecule has 2 aromatic carbocycles. The third kappa shape index (κ3) is 7.17. The largest absolute Gasteiger partial charge is 0.380 e. The highest BCUT2D eigenvalue weighted by molar-refractivity contribution is 5.91. The molecule has 0 atom stereocenters. The van der Waals surface area contributed by atoms with E-state index < -0.39 is 5.60 Å². The number of hydrogen-bond acceptors (Lipinski definition) is 3. The fourth-order valence-corrected chi connectivity index (χ4v) is 3.84. The van der Waals surface area contributed by atoms with Crippen molar-refractivity contribution >= 4 is 12.0 Å². The number of rotatable bonds is 12. The van der Waals surface area contributed by atoms with Gasteiger partial charge in [0.15, 0.2) is 0 Å². The van der Waals surface area contributed by atoms with Crippen molar-refractivity contribution in [1.82, 2.24) is 10.3 Å². The van der Waals surface area contributed by atoms with Crippen molar-refractivity contribution in [2.75, 3.05) is 6.54 Å². The molecule has 3 aromatic rings. The maximum Gasteiger partial charge on any atom is 0.243 e. The molecule has 0 fully saturated rings. The maximum absolute atomic E-state index is 11.9. The Hall–Kier alpha value is -3.24. The molecule has 1 aromatic heterocycles. The molecule has 0 bridgehead atoms. The van der Waals surface area contributed by atoms with E-state index in [1.54, 1.807) is 24.5 Å². The lowest BCUT2D eigenvalue weighted by molar-refractivity contribution is -0.116. The van der Waals surface area contributed by atoms with Crippen molar-refractivity contribution in [2.45, 2.75) is 44.1 Å². The molecule has 32 heavy (non-hydrogen) atoms. The number of carbonyl (C=O) groups is 1. The van der Waals surface area contributed by atoms with E-state index in [1.165, 1.54) is 0 Å². The maximum atomic E-state index is 11.9. The molecule has 0 radical (unpaired) electrons. The smallest absolute Gasteiger partial charge is 0.243 e. The Morgan fingerprint density at radius 1 is 0.844 bits per heavy atom. The highest BCUT2D eigenvalue weighted by Crippen LogP contribution is 2.34. The lowest BCUT2D eigenvalue weighted by Gasteiger charge is -2.29. The van der Waals surface area contributed by atoms with Gasteiger partial charge >= 0.3 is 0 Å². The van der Waals surface area contributed by atoms with E-state index in [2.05, 4.69) is 10.3 Å². The highest BCUT2D eigenvalue weighted by atomic mass is 16.3. The Bertz CT molecular complexity index is 917. The van der Waals surface area contributed by atoms with Gasteiger partial charge < -0.3 is 10.4 Å². The minimum atomic E-state index is -0.961. The monoisotopic (exact) mass is 428 g/mol. The van der Waals surface area contributed by atoms with Crippen LogP contribution in [0, 0.1) is 0 Å². The van der Waals surface area contributed by atoms with E-state index in [4.69, 9.17) is 0 Å². The van der Waals surface area contributed by atoms with Crippen LogP contribution >= 0.6 is 0 Å². The van der Waals surface area contributed by atoms with Crippen LogP contribution in [0.3, 0.4) is 0 Å². The first-order chi connectivity index (χ1) is 15.7. The van der Waals surface area contributed by atoms with E-state index in [9.17, 15) is 9.90 Å². The number of nitrogens with one attached hydrogen (secondary N) is 1. The lowest BCUT2D eigenvalue weighted by atomic mass is 9.82. The van der Waals surface area contributed by atoms with Crippen molar-refractivity contribution in [2.24, 2.45) is 0 Å². The first kappa shape index (κ1) is 23.4. The molecule has 0 spiro atoms. The summed E-state index contributed by atoms with van der Waals surface area (Å²) in [7, 11) is 0. The number of pyridine rings is 1. The molecule has 2 N–H and O–H groups in total. The van der Waals surface area contributed by atoms with E-state index in [0.29, 0.717) is 13.0 Å². The van der Waals surface area contributed by atoms with E-state index in [-0.39, 0.29) is 5.91 Å². The number of amides is 1. The minimum Gasteiger partial charge on any atom is -0.380 e. The summed E-state index contributed by atoms with van der Waals surface area (Å²) in [6.45, 7) is 0.675.